The second kappa shape index (κ2) is 6.40. The fraction of sp³-hybridized carbons (Fsp3) is 0.765. The lowest BCUT2D eigenvalue weighted by Gasteiger charge is -2.26. The first-order chi connectivity index (χ1) is 11.7. The van der Waals surface area contributed by atoms with Crippen LogP contribution in [0.5, 0.6) is 0 Å². The number of carboxylic acid groups (broad SMARTS) is 1. The highest BCUT2D eigenvalue weighted by Gasteiger charge is 2.62. The number of hydrogen-bond donors (Lipinski definition) is 2. The standard InChI is InChI=1S/C17H24N2O6/c1-17(2,7-5-12(21)22)18-11(20)6-8-19-15(23)13-9-3-4-10(25-9)14(13)16(19)24/h9-10,13-14H,3-8H2,1-2H3,(H,18,20)(H,21,22). The summed E-state index contributed by atoms with van der Waals surface area (Å²) >= 11 is 0. The monoisotopic (exact) mass is 352 g/mol. The van der Waals surface area contributed by atoms with Crippen molar-refractivity contribution in [1.82, 2.24) is 10.2 Å². The molecule has 3 heterocycles. The van der Waals surface area contributed by atoms with Gasteiger partial charge in [-0.1, -0.05) is 0 Å². The van der Waals surface area contributed by atoms with Crippen molar-refractivity contribution in [1.29, 1.82) is 0 Å². The van der Waals surface area contributed by atoms with Crippen molar-refractivity contribution in [3.8, 4) is 0 Å². The van der Waals surface area contributed by atoms with Crippen molar-refractivity contribution in [2.75, 3.05) is 6.54 Å². The van der Waals surface area contributed by atoms with Gasteiger partial charge in [-0.3, -0.25) is 24.1 Å². The Bertz CT molecular complexity index is 588. The molecule has 0 radical (unpaired) electrons. The molecule has 4 atom stereocenters. The van der Waals surface area contributed by atoms with Crippen LogP contribution in [0.2, 0.25) is 0 Å². The van der Waals surface area contributed by atoms with Crippen LogP contribution in [0.15, 0.2) is 0 Å². The van der Waals surface area contributed by atoms with Gasteiger partial charge in [0, 0.05) is 24.9 Å². The summed E-state index contributed by atoms with van der Waals surface area (Å²) in [6, 6.07) is 0. The molecule has 3 aliphatic rings. The maximum atomic E-state index is 12.5. The Kier molecular flexibility index (Phi) is 4.57. The summed E-state index contributed by atoms with van der Waals surface area (Å²) in [6.07, 6.45) is 1.61. The summed E-state index contributed by atoms with van der Waals surface area (Å²) in [5.74, 6) is -2.41. The van der Waals surface area contributed by atoms with Crippen LogP contribution in [-0.2, 0) is 23.9 Å². The van der Waals surface area contributed by atoms with E-state index in [0.717, 1.165) is 12.8 Å². The Labute approximate surface area is 145 Å². The molecule has 0 aromatic heterocycles. The molecule has 0 aromatic carbocycles. The van der Waals surface area contributed by atoms with E-state index in [4.69, 9.17) is 9.84 Å². The topological polar surface area (TPSA) is 113 Å². The molecule has 25 heavy (non-hydrogen) atoms. The van der Waals surface area contributed by atoms with E-state index in [0.29, 0.717) is 6.42 Å². The molecule has 0 aromatic rings. The van der Waals surface area contributed by atoms with Crippen LogP contribution in [0.3, 0.4) is 0 Å². The average molecular weight is 352 g/mol. The van der Waals surface area contributed by atoms with Crippen molar-refractivity contribution in [3.63, 3.8) is 0 Å². The predicted octanol–water partition coefficient (Wildman–Crippen LogP) is 0.299. The van der Waals surface area contributed by atoms with Crippen molar-refractivity contribution in [2.24, 2.45) is 11.8 Å². The number of imide groups is 1. The lowest BCUT2D eigenvalue weighted by Crippen LogP contribution is -2.45. The largest absolute Gasteiger partial charge is 0.481 e. The first-order valence-corrected chi connectivity index (χ1v) is 8.73. The summed E-state index contributed by atoms with van der Waals surface area (Å²) in [7, 11) is 0. The Morgan fingerprint density at radius 3 is 2.24 bits per heavy atom. The highest BCUT2D eigenvalue weighted by molar-refractivity contribution is 6.06. The molecule has 3 rings (SSSR count). The van der Waals surface area contributed by atoms with Gasteiger partial charge >= 0.3 is 5.97 Å². The zero-order valence-corrected chi connectivity index (χ0v) is 14.5. The van der Waals surface area contributed by atoms with Gasteiger partial charge in [-0.2, -0.15) is 0 Å². The van der Waals surface area contributed by atoms with Gasteiger partial charge in [-0.25, -0.2) is 0 Å². The van der Waals surface area contributed by atoms with Crippen LogP contribution >= 0.6 is 0 Å². The van der Waals surface area contributed by atoms with Gasteiger partial charge in [0.25, 0.3) is 0 Å². The molecule has 0 spiro atoms. The normalized spacial score (nSPS) is 30.7. The lowest BCUT2D eigenvalue weighted by molar-refractivity contribution is -0.143. The Morgan fingerprint density at radius 1 is 1.16 bits per heavy atom. The van der Waals surface area contributed by atoms with Crippen LogP contribution < -0.4 is 5.32 Å². The summed E-state index contributed by atoms with van der Waals surface area (Å²) in [5.41, 5.74) is -0.655. The second-order valence-electron chi connectivity index (χ2n) is 7.75. The number of carbonyl (C=O) groups excluding carboxylic acids is 3. The van der Waals surface area contributed by atoms with Crippen LogP contribution in [0.4, 0.5) is 0 Å². The van der Waals surface area contributed by atoms with E-state index in [1.165, 1.54) is 4.90 Å². The summed E-state index contributed by atoms with van der Waals surface area (Å²) < 4.78 is 5.67. The van der Waals surface area contributed by atoms with Crippen LogP contribution in [0, 0.1) is 11.8 Å². The number of nitrogens with zero attached hydrogens (tertiary/aromatic N) is 1. The smallest absolute Gasteiger partial charge is 0.303 e. The molecule has 0 saturated carbocycles. The first kappa shape index (κ1) is 17.8. The lowest BCUT2D eigenvalue weighted by atomic mass is 9.81. The van der Waals surface area contributed by atoms with Gasteiger partial charge in [0.2, 0.25) is 17.7 Å². The molecule has 8 nitrogen and oxygen atoms in total. The minimum absolute atomic E-state index is 0.0175. The van der Waals surface area contributed by atoms with E-state index in [-0.39, 0.29) is 61.2 Å². The van der Waals surface area contributed by atoms with Gasteiger partial charge in [-0.15, -0.1) is 0 Å². The second-order valence-corrected chi connectivity index (χ2v) is 7.75. The third-order valence-corrected chi connectivity index (χ3v) is 5.38. The molecular weight excluding hydrogens is 328 g/mol. The average Bonchev–Trinajstić information content (AvgIpc) is 3.18. The highest BCUT2D eigenvalue weighted by atomic mass is 16.5. The Hall–Kier alpha value is -1.96. The summed E-state index contributed by atoms with van der Waals surface area (Å²) in [5, 5.41) is 11.5. The minimum Gasteiger partial charge on any atom is -0.481 e. The zero-order valence-electron chi connectivity index (χ0n) is 14.5. The number of carboxylic acids is 1. The third-order valence-electron chi connectivity index (χ3n) is 5.38. The SMILES string of the molecule is CC(C)(CCC(=O)O)NC(=O)CCN1C(=O)C2C3CCC(O3)C2C1=O. The van der Waals surface area contributed by atoms with Gasteiger partial charge in [0.15, 0.2) is 0 Å². The molecule has 3 fully saturated rings. The molecule has 2 N–H and O–H groups in total. The number of carbonyl (C=O) groups is 4. The molecule has 8 heteroatoms. The fourth-order valence-corrected chi connectivity index (χ4v) is 4.13. The number of likely N-dealkylation sites (tertiary alicyclic amines) is 1. The molecule has 4 unspecified atom stereocenters. The quantitative estimate of drug-likeness (QED) is 0.637. The number of nitrogens with one attached hydrogen (secondary N) is 1. The maximum absolute atomic E-state index is 12.5. The molecule has 138 valence electrons. The maximum Gasteiger partial charge on any atom is 0.303 e. The van der Waals surface area contributed by atoms with Crippen LogP contribution in [-0.4, -0.2) is 58.0 Å². The minimum atomic E-state index is -0.918. The van der Waals surface area contributed by atoms with E-state index >= 15 is 0 Å². The van der Waals surface area contributed by atoms with Crippen molar-refractivity contribution >= 4 is 23.7 Å². The van der Waals surface area contributed by atoms with E-state index in [9.17, 15) is 19.2 Å². The van der Waals surface area contributed by atoms with Gasteiger partial charge < -0.3 is 15.2 Å². The fourth-order valence-electron chi connectivity index (χ4n) is 4.13. The van der Waals surface area contributed by atoms with E-state index < -0.39 is 11.5 Å². The molecule has 3 saturated heterocycles. The molecule has 0 aliphatic carbocycles. The van der Waals surface area contributed by atoms with Crippen LogP contribution in [0.1, 0.15) is 46.0 Å². The number of ether oxygens (including phenoxy) is 1. The molecular formula is C17H24N2O6. The van der Waals surface area contributed by atoms with Gasteiger partial charge in [-0.05, 0) is 33.1 Å². The molecule has 3 aliphatic heterocycles. The van der Waals surface area contributed by atoms with E-state index in [2.05, 4.69) is 5.32 Å². The zero-order chi connectivity index (χ0) is 18.4. The third kappa shape index (κ3) is 3.40. The van der Waals surface area contributed by atoms with Gasteiger partial charge in [0.05, 0.1) is 24.0 Å². The van der Waals surface area contributed by atoms with E-state index in [1.54, 1.807) is 13.8 Å². The molecule has 3 amide bonds. The number of hydrogen-bond acceptors (Lipinski definition) is 5. The van der Waals surface area contributed by atoms with E-state index in [1.807, 2.05) is 0 Å². The van der Waals surface area contributed by atoms with Crippen molar-refractivity contribution in [3.05, 3.63) is 0 Å². The predicted molar refractivity (Wildman–Crippen MR) is 85.3 cm³/mol. The number of rotatable bonds is 7. The number of amides is 3. The van der Waals surface area contributed by atoms with Gasteiger partial charge in [0.1, 0.15) is 0 Å². The van der Waals surface area contributed by atoms with Crippen molar-refractivity contribution < 1.29 is 29.0 Å². The summed E-state index contributed by atoms with van der Waals surface area (Å²) in [4.78, 5) is 49.0. The first-order valence-electron chi connectivity index (χ1n) is 8.73. The van der Waals surface area contributed by atoms with Crippen LogP contribution in [0.25, 0.3) is 0 Å². The Balaban J connectivity index is 1.52. The molecule has 2 bridgehead atoms. The number of aliphatic carboxylic acids is 1. The summed E-state index contributed by atoms with van der Waals surface area (Å²) in [6.45, 7) is 3.56. The van der Waals surface area contributed by atoms with Crippen molar-refractivity contribution in [2.45, 2.75) is 63.7 Å². The number of fused-ring (bicyclic) bond motifs is 5. The Morgan fingerprint density at radius 2 is 1.72 bits per heavy atom. The highest BCUT2D eigenvalue weighted by Crippen LogP contribution is 2.48.